The van der Waals surface area contributed by atoms with E-state index in [1.807, 2.05) is 12.2 Å². The van der Waals surface area contributed by atoms with Crippen molar-refractivity contribution in [2.24, 2.45) is 0 Å². The summed E-state index contributed by atoms with van der Waals surface area (Å²) in [5.41, 5.74) is 0.499. The number of ketones is 1. The van der Waals surface area contributed by atoms with Crippen molar-refractivity contribution in [3.05, 3.63) is 42.0 Å². The molecule has 102 valence electrons. The van der Waals surface area contributed by atoms with Crippen LogP contribution in [-0.4, -0.2) is 33.3 Å². The van der Waals surface area contributed by atoms with Crippen molar-refractivity contribution in [2.45, 2.75) is 17.9 Å². The zero-order chi connectivity index (χ0) is 13.9. The van der Waals surface area contributed by atoms with E-state index in [-0.39, 0.29) is 16.7 Å². The van der Waals surface area contributed by atoms with Crippen LogP contribution in [0.3, 0.4) is 0 Å². The van der Waals surface area contributed by atoms with Crippen LogP contribution in [0.1, 0.15) is 17.3 Å². The quantitative estimate of drug-likeness (QED) is 0.615. The Labute approximate surface area is 112 Å². The Morgan fingerprint density at radius 1 is 1.37 bits per heavy atom. The van der Waals surface area contributed by atoms with E-state index < -0.39 is 10.0 Å². The molecule has 2 rings (SSSR count). The van der Waals surface area contributed by atoms with Gasteiger partial charge in [-0.2, -0.15) is 0 Å². The maximum atomic E-state index is 12.0. The normalized spacial score (nSPS) is 18.7. The van der Waals surface area contributed by atoms with Gasteiger partial charge in [-0.1, -0.05) is 24.3 Å². The van der Waals surface area contributed by atoms with Crippen molar-refractivity contribution in [1.29, 1.82) is 0 Å². The molecule has 0 saturated heterocycles. The fraction of sp³-hybridized carbons (Fsp3) is 0.308. The molecular formula is C13H16N2O3S. The van der Waals surface area contributed by atoms with Crippen molar-refractivity contribution < 1.29 is 13.2 Å². The van der Waals surface area contributed by atoms with Crippen LogP contribution in [0.25, 0.3) is 0 Å². The molecule has 1 aromatic rings. The van der Waals surface area contributed by atoms with Crippen LogP contribution < -0.4 is 10.0 Å². The van der Waals surface area contributed by atoms with Crippen LogP contribution >= 0.6 is 0 Å². The summed E-state index contributed by atoms with van der Waals surface area (Å²) < 4.78 is 26.6. The third-order valence-corrected chi connectivity index (χ3v) is 4.37. The highest BCUT2D eigenvalue weighted by atomic mass is 32.2. The highest BCUT2D eigenvalue weighted by Gasteiger charge is 2.16. The molecule has 0 spiro atoms. The lowest BCUT2D eigenvalue weighted by atomic mass is 10.2. The van der Waals surface area contributed by atoms with Gasteiger partial charge in [-0.3, -0.25) is 4.79 Å². The Morgan fingerprint density at radius 2 is 2.05 bits per heavy atom. The van der Waals surface area contributed by atoms with Crippen molar-refractivity contribution in [1.82, 2.24) is 10.0 Å². The van der Waals surface area contributed by atoms with Crippen molar-refractivity contribution in [3.8, 4) is 0 Å². The fourth-order valence-corrected chi connectivity index (χ4v) is 2.87. The predicted molar refractivity (Wildman–Crippen MR) is 72.6 cm³/mol. The molecule has 1 aromatic carbocycles. The molecule has 0 radical (unpaired) electrons. The van der Waals surface area contributed by atoms with E-state index in [1.54, 1.807) is 0 Å². The van der Waals surface area contributed by atoms with Crippen LogP contribution in [0.15, 0.2) is 41.3 Å². The molecule has 1 heterocycles. The third kappa shape index (κ3) is 3.50. The van der Waals surface area contributed by atoms with Gasteiger partial charge >= 0.3 is 0 Å². The first-order valence-corrected chi connectivity index (χ1v) is 7.48. The number of rotatable bonds is 5. The van der Waals surface area contributed by atoms with Crippen LogP contribution in [0.5, 0.6) is 0 Å². The molecule has 19 heavy (non-hydrogen) atoms. The van der Waals surface area contributed by atoms with Crippen LogP contribution in [0.4, 0.5) is 0 Å². The van der Waals surface area contributed by atoms with Crippen molar-refractivity contribution >= 4 is 15.8 Å². The van der Waals surface area contributed by atoms with Crippen molar-refractivity contribution in [3.63, 3.8) is 0 Å². The zero-order valence-corrected chi connectivity index (χ0v) is 11.4. The van der Waals surface area contributed by atoms with Crippen LogP contribution in [0, 0.1) is 0 Å². The molecule has 1 aliphatic heterocycles. The van der Waals surface area contributed by atoms with Gasteiger partial charge in [0.25, 0.3) is 0 Å². The topological polar surface area (TPSA) is 75.3 Å². The maximum Gasteiger partial charge on any atom is 0.240 e. The molecule has 0 fully saturated rings. The minimum absolute atomic E-state index is 0.0336. The van der Waals surface area contributed by atoms with E-state index >= 15 is 0 Å². The van der Waals surface area contributed by atoms with Gasteiger partial charge < -0.3 is 5.32 Å². The minimum Gasteiger partial charge on any atom is -0.306 e. The second-order valence-electron chi connectivity index (χ2n) is 4.38. The molecule has 1 unspecified atom stereocenters. The molecule has 0 bridgehead atoms. The first-order valence-electron chi connectivity index (χ1n) is 6.00. The van der Waals surface area contributed by atoms with Gasteiger partial charge in [0.1, 0.15) is 0 Å². The van der Waals surface area contributed by atoms with Crippen LogP contribution in [0.2, 0.25) is 0 Å². The van der Waals surface area contributed by atoms with Crippen molar-refractivity contribution in [2.75, 3.05) is 13.1 Å². The van der Waals surface area contributed by atoms with E-state index in [4.69, 9.17) is 0 Å². The Balaban J connectivity index is 2.06. The van der Waals surface area contributed by atoms with E-state index in [1.165, 1.54) is 31.2 Å². The molecule has 0 saturated carbocycles. The van der Waals surface area contributed by atoms with E-state index in [2.05, 4.69) is 10.0 Å². The number of Topliss-reactive ketones (excluding diaryl/α,β-unsaturated/α-hetero) is 1. The second kappa shape index (κ2) is 5.64. The van der Waals surface area contributed by atoms with Gasteiger partial charge in [0.2, 0.25) is 10.0 Å². The summed E-state index contributed by atoms with van der Waals surface area (Å²) >= 11 is 0. The lowest BCUT2D eigenvalue weighted by Crippen LogP contribution is -2.37. The summed E-state index contributed by atoms with van der Waals surface area (Å²) in [4.78, 5) is 11.3. The van der Waals surface area contributed by atoms with Gasteiger partial charge in [0, 0.05) is 24.7 Å². The first-order chi connectivity index (χ1) is 8.99. The fourth-order valence-electron chi connectivity index (χ4n) is 1.81. The summed E-state index contributed by atoms with van der Waals surface area (Å²) in [7, 11) is -3.53. The summed E-state index contributed by atoms with van der Waals surface area (Å²) in [6.07, 6.45) is 3.89. The lowest BCUT2D eigenvalue weighted by molar-refractivity contribution is 0.101. The molecule has 5 nitrogen and oxygen atoms in total. The number of hydrogen-bond acceptors (Lipinski definition) is 4. The van der Waals surface area contributed by atoms with Gasteiger partial charge in [0.15, 0.2) is 5.78 Å². The third-order valence-electron chi connectivity index (χ3n) is 2.93. The largest absolute Gasteiger partial charge is 0.306 e. The molecule has 6 heteroatoms. The van der Waals surface area contributed by atoms with Gasteiger partial charge in [-0.05, 0) is 19.1 Å². The van der Waals surface area contributed by atoms with E-state index in [9.17, 15) is 13.2 Å². The molecule has 0 aliphatic carbocycles. The smallest absolute Gasteiger partial charge is 0.240 e. The number of sulfonamides is 1. The molecule has 1 atom stereocenters. The van der Waals surface area contributed by atoms with Gasteiger partial charge in [-0.25, -0.2) is 13.1 Å². The number of carbonyl (C=O) groups excluding carboxylic acids is 1. The maximum absolute atomic E-state index is 12.0. The Kier molecular flexibility index (Phi) is 4.14. The number of nitrogens with one attached hydrogen (secondary N) is 2. The highest BCUT2D eigenvalue weighted by Crippen LogP contribution is 2.11. The summed E-state index contributed by atoms with van der Waals surface area (Å²) in [6, 6.07) is 5.95. The number of carbonyl (C=O) groups is 1. The summed E-state index contributed by atoms with van der Waals surface area (Å²) in [5, 5.41) is 3.12. The number of hydrogen-bond donors (Lipinski definition) is 2. The molecule has 0 aromatic heterocycles. The first kappa shape index (κ1) is 13.9. The second-order valence-corrected chi connectivity index (χ2v) is 6.14. The Hall–Kier alpha value is -1.50. The van der Waals surface area contributed by atoms with Gasteiger partial charge in [-0.15, -0.1) is 0 Å². The minimum atomic E-state index is -3.53. The predicted octanol–water partition coefficient (Wildman–Crippen LogP) is 0.695. The lowest BCUT2D eigenvalue weighted by Gasteiger charge is -2.11. The molecule has 2 N–H and O–H groups in total. The average molecular weight is 280 g/mol. The van der Waals surface area contributed by atoms with Crippen LogP contribution in [-0.2, 0) is 10.0 Å². The molecule has 0 amide bonds. The van der Waals surface area contributed by atoms with E-state index in [0.29, 0.717) is 12.1 Å². The highest BCUT2D eigenvalue weighted by molar-refractivity contribution is 7.89. The SMILES string of the molecule is CC(=O)c1ccc(S(=O)(=O)NCC2C=CCN2)cc1. The summed E-state index contributed by atoms with van der Waals surface area (Å²) in [5.74, 6) is -0.0859. The number of benzene rings is 1. The standard InChI is InChI=1S/C13H16N2O3S/c1-10(16)11-4-6-13(7-5-11)19(17,18)15-9-12-3-2-8-14-12/h2-7,12,14-15H,8-9H2,1H3. The molecule has 1 aliphatic rings. The Morgan fingerprint density at radius 3 is 2.58 bits per heavy atom. The average Bonchev–Trinajstić information content (AvgIpc) is 2.90. The molecular weight excluding hydrogens is 264 g/mol. The summed E-state index contributed by atoms with van der Waals surface area (Å²) in [6.45, 7) is 2.52. The monoisotopic (exact) mass is 280 g/mol. The Bertz CT molecular complexity index is 591. The zero-order valence-electron chi connectivity index (χ0n) is 10.6. The van der Waals surface area contributed by atoms with Gasteiger partial charge in [0.05, 0.1) is 4.90 Å². The van der Waals surface area contributed by atoms with E-state index in [0.717, 1.165) is 6.54 Å².